The van der Waals surface area contributed by atoms with Crippen LogP contribution in [0.15, 0.2) is 60.7 Å². The van der Waals surface area contributed by atoms with E-state index in [0.29, 0.717) is 29.5 Å². The van der Waals surface area contributed by atoms with Crippen molar-refractivity contribution < 1.29 is 14.2 Å². The van der Waals surface area contributed by atoms with Gasteiger partial charge in [-0.15, -0.1) is 0 Å². The lowest BCUT2D eigenvalue weighted by Crippen LogP contribution is -1.98. The number of benzene rings is 3. The molecule has 1 N–H and O–H groups in total. The number of hydrogen-bond donors (Lipinski definition) is 1. The molecule has 0 spiro atoms. The molecule has 6 heteroatoms. The van der Waals surface area contributed by atoms with Crippen molar-refractivity contribution in [3.63, 3.8) is 0 Å². The maximum Gasteiger partial charge on any atom is 0.161 e. The van der Waals surface area contributed by atoms with Gasteiger partial charge in [-0.05, 0) is 48.4 Å². The van der Waals surface area contributed by atoms with Gasteiger partial charge in [0.2, 0.25) is 0 Å². The SMILES string of the molecule is COc1ccc2nc(/C(C#N)=C\c3ccc(OCc4ccc(C)cc4)c(OC)c3)[nH]c2c1. The van der Waals surface area contributed by atoms with Crippen molar-refractivity contribution in [3.8, 4) is 23.3 Å². The summed E-state index contributed by atoms with van der Waals surface area (Å²) < 4.78 is 16.7. The second-order valence-electron chi connectivity index (χ2n) is 7.32. The number of nitrogens with zero attached hydrogens (tertiary/aromatic N) is 2. The van der Waals surface area contributed by atoms with Crippen LogP contribution in [0.25, 0.3) is 22.7 Å². The minimum atomic E-state index is 0.413. The Kier molecular flexibility index (Phi) is 6.09. The standard InChI is InChI=1S/C26H23N3O3/c1-17-4-6-18(7-5-17)16-32-24-11-8-19(13-25(24)31-3)12-20(15-27)26-28-22-10-9-21(30-2)14-23(22)29-26/h4-14H,16H2,1-3H3,(H,28,29)/b20-12-. The third kappa shape index (κ3) is 4.57. The Bertz CT molecular complexity index is 1310. The molecule has 0 bridgehead atoms. The summed E-state index contributed by atoms with van der Waals surface area (Å²) in [5.74, 6) is 2.45. The molecule has 6 nitrogen and oxygen atoms in total. The summed E-state index contributed by atoms with van der Waals surface area (Å²) in [5.41, 5.74) is 5.07. The first-order valence-electron chi connectivity index (χ1n) is 10.1. The lowest BCUT2D eigenvalue weighted by Gasteiger charge is -2.11. The number of methoxy groups -OCH3 is 2. The summed E-state index contributed by atoms with van der Waals surface area (Å²) in [6.45, 7) is 2.50. The summed E-state index contributed by atoms with van der Waals surface area (Å²) in [4.78, 5) is 7.71. The highest BCUT2D eigenvalue weighted by Gasteiger charge is 2.11. The van der Waals surface area contributed by atoms with Crippen LogP contribution in [0.1, 0.15) is 22.5 Å². The molecule has 0 atom stereocenters. The van der Waals surface area contributed by atoms with Crippen molar-refractivity contribution in [2.24, 2.45) is 0 Å². The Labute approximate surface area is 186 Å². The van der Waals surface area contributed by atoms with Crippen molar-refractivity contribution >= 4 is 22.7 Å². The summed E-state index contributed by atoms with van der Waals surface area (Å²) >= 11 is 0. The maximum absolute atomic E-state index is 9.72. The number of rotatable bonds is 7. The van der Waals surface area contributed by atoms with Crippen LogP contribution in [0.3, 0.4) is 0 Å². The molecule has 0 saturated heterocycles. The molecular formula is C26H23N3O3. The Balaban J connectivity index is 1.58. The number of aromatic nitrogens is 2. The predicted molar refractivity (Wildman–Crippen MR) is 125 cm³/mol. The molecule has 0 aliphatic carbocycles. The molecule has 1 heterocycles. The monoisotopic (exact) mass is 425 g/mol. The van der Waals surface area contributed by atoms with E-state index in [4.69, 9.17) is 14.2 Å². The zero-order valence-electron chi connectivity index (χ0n) is 18.2. The van der Waals surface area contributed by atoms with E-state index in [-0.39, 0.29) is 0 Å². The summed E-state index contributed by atoms with van der Waals surface area (Å²) in [5, 5.41) is 9.72. The molecule has 0 amide bonds. The highest BCUT2D eigenvalue weighted by atomic mass is 16.5. The molecule has 3 aromatic carbocycles. The van der Waals surface area contributed by atoms with Gasteiger partial charge in [-0.1, -0.05) is 35.9 Å². The maximum atomic E-state index is 9.72. The first kappa shape index (κ1) is 21.0. The fourth-order valence-electron chi connectivity index (χ4n) is 3.30. The second-order valence-corrected chi connectivity index (χ2v) is 7.32. The number of imidazole rings is 1. The normalized spacial score (nSPS) is 11.2. The Morgan fingerprint density at radius 3 is 2.53 bits per heavy atom. The van der Waals surface area contributed by atoms with E-state index in [1.165, 1.54) is 5.56 Å². The Hall–Kier alpha value is -4.24. The summed E-state index contributed by atoms with van der Waals surface area (Å²) in [6, 6.07) is 21.5. The summed E-state index contributed by atoms with van der Waals surface area (Å²) in [6.07, 6.45) is 1.77. The van der Waals surface area contributed by atoms with E-state index in [2.05, 4.69) is 35.1 Å². The highest BCUT2D eigenvalue weighted by molar-refractivity contribution is 5.90. The van der Waals surface area contributed by atoms with Gasteiger partial charge in [0, 0.05) is 6.07 Å². The molecule has 0 saturated carbocycles. The zero-order valence-corrected chi connectivity index (χ0v) is 18.2. The topological polar surface area (TPSA) is 80.2 Å². The number of ether oxygens (including phenoxy) is 3. The third-order valence-electron chi connectivity index (χ3n) is 5.08. The third-order valence-corrected chi connectivity index (χ3v) is 5.08. The van der Waals surface area contributed by atoms with Crippen LogP contribution in [0, 0.1) is 18.3 Å². The van der Waals surface area contributed by atoms with Gasteiger partial charge < -0.3 is 19.2 Å². The van der Waals surface area contributed by atoms with Gasteiger partial charge in [-0.2, -0.15) is 5.26 Å². The Morgan fingerprint density at radius 2 is 1.81 bits per heavy atom. The molecule has 0 unspecified atom stereocenters. The average Bonchev–Trinajstić information content (AvgIpc) is 3.25. The van der Waals surface area contributed by atoms with Crippen LogP contribution < -0.4 is 14.2 Å². The van der Waals surface area contributed by atoms with E-state index in [1.807, 2.05) is 48.5 Å². The van der Waals surface area contributed by atoms with E-state index in [9.17, 15) is 5.26 Å². The lowest BCUT2D eigenvalue weighted by molar-refractivity contribution is 0.284. The number of H-pyrrole nitrogens is 1. The number of nitriles is 1. The van der Waals surface area contributed by atoms with E-state index >= 15 is 0 Å². The van der Waals surface area contributed by atoms with E-state index in [1.54, 1.807) is 20.3 Å². The fourth-order valence-corrected chi connectivity index (χ4v) is 3.30. The van der Waals surface area contributed by atoms with Gasteiger partial charge in [-0.25, -0.2) is 4.98 Å². The van der Waals surface area contributed by atoms with Crippen LogP contribution in [-0.2, 0) is 6.61 Å². The molecule has 160 valence electrons. The number of nitrogens with one attached hydrogen (secondary N) is 1. The van der Waals surface area contributed by atoms with Gasteiger partial charge in [0.1, 0.15) is 24.3 Å². The lowest BCUT2D eigenvalue weighted by atomic mass is 10.1. The number of allylic oxidation sites excluding steroid dienone is 1. The first-order chi connectivity index (χ1) is 15.6. The zero-order chi connectivity index (χ0) is 22.5. The predicted octanol–water partition coefficient (Wildman–Crippen LogP) is 5.53. The van der Waals surface area contributed by atoms with Crippen LogP contribution >= 0.6 is 0 Å². The minimum absolute atomic E-state index is 0.413. The second kappa shape index (κ2) is 9.27. The van der Waals surface area contributed by atoms with E-state index < -0.39 is 0 Å². The van der Waals surface area contributed by atoms with Crippen LogP contribution in [0.4, 0.5) is 0 Å². The quantitative estimate of drug-likeness (QED) is 0.394. The highest BCUT2D eigenvalue weighted by Crippen LogP contribution is 2.31. The van der Waals surface area contributed by atoms with E-state index in [0.717, 1.165) is 27.9 Å². The van der Waals surface area contributed by atoms with Gasteiger partial charge >= 0.3 is 0 Å². The van der Waals surface area contributed by atoms with Gasteiger partial charge in [-0.3, -0.25) is 0 Å². The average molecular weight is 425 g/mol. The van der Waals surface area contributed by atoms with Crippen LogP contribution in [0.2, 0.25) is 0 Å². The molecule has 4 rings (SSSR count). The first-order valence-corrected chi connectivity index (χ1v) is 10.1. The number of aryl methyl sites for hydroxylation is 1. The van der Waals surface area contributed by atoms with Crippen LogP contribution in [0.5, 0.6) is 17.2 Å². The van der Waals surface area contributed by atoms with Crippen molar-refractivity contribution in [1.29, 1.82) is 5.26 Å². The number of fused-ring (bicyclic) bond motifs is 1. The smallest absolute Gasteiger partial charge is 0.161 e. The van der Waals surface area contributed by atoms with Crippen molar-refractivity contribution in [3.05, 3.63) is 83.2 Å². The summed E-state index contributed by atoms with van der Waals surface area (Å²) in [7, 11) is 3.21. The molecule has 0 radical (unpaired) electrons. The minimum Gasteiger partial charge on any atom is -0.497 e. The molecule has 0 aliphatic heterocycles. The molecule has 32 heavy (non-hydrogen) atoms. The van der Waals surface area contributed by atoms with Crippen molar-refractivity contribution in [1.82, 2.24) is 9.97 Å². The molecular weight excluding hydrogens is 402 g/mol. The molecule has 0 fully saturated rings. The van der Waals surface area contributed by atoms with Crippen molar-refractivity contribution in [2.45, 2.75) is 13.5 Å². The number of aromatic amines is 1. The molecule has 0 aliphatic rings. The van der Waals surface area contributed by atoms with Crippen LogP contribution in [-0.4, -0.2) is 24.2 Å². The largest absolute Gasteiger partial charge is 0.497 e. The van der Waals surface area contributed by atoms with Crippen molar-refractivity contribution in [2.75, 3.05) is 14.2 Å². The van der Waals surface area contributed by atoms with Gasteiger partial charge in [0.25, 0.3) is 0 Å². The molecule has 4 aromatic rings. The molecule has 1 aromatic heterocycles. The fraction of sp³-hybridized carbons (Fsp3) is 0.154. The Morgan fingerprint density at radius 1 is 1.00 bits per heavy atom. The van der Waals surface area contributed by atoms with Gasteiger partial charge in [0.15, 0.2) is 11.5 Å². The van der Waals surface area contributed by atoms with Gasteiger partial charge in [0.05, 0.1) is 30.8 Å². The number of hydrogen-bond acceptors (Lipinski definition) is 5.